The molecule has 0 amide bonds. The Morgan fingerprint density at radius 2 is 1.76 bits per heavy atom. The van der Waals surface area contributed by atoms with Crippen molar-refractivity contribution in [3.8, 4) is 17.2 Å². The van der Waals surface area contributed by atoms with Crippen molar-refractivity contribution in [3.63, 3.8) is 0 Å². The Labute approximate surface area is 124 Å². The minimum Gasteiger partial charge on any atom is -0.456 e. The molecule has 0 spiro atoms. The summed E-state index contributed by atoms with van der Waals surface area (Å²) in [6.07, 6.45) is 0. The predicted molar refractivity (Wildman–Crippen MR) is 81.8 cm³/mol. The van der Waals surface area contributed by atoms with Crippen LogP contribution in [0.15, 0.2) is 48.5 Å². The summed E-state index contributed by atoms with van der Waals surface area (Å²) < 4.78 is 5.44. The summed E-state index contributed by atoms with van der Waals surface area (Å²) in [6, 6.07) is 16.7. The standard InChI is InChI=1S/C18H17NO2/c1-18(2,3)21-17(20)16-11-13(12-19)9-10-15(16)14-7-5-4-6-8-14/h4-11H,1-3H3. The van der Waals surface area contributed by atoms with Crippen LogP contribution in [0.3, 0.4) is 0 Å². The van der Waals surface area contributed by atoms with E-state index in [0.717, 1.165) is 11.1 Å². The van der Waals surface area contributed by atoms with E-state index in [4.69, 9.17) is 10.00 Å². The Hall–Kier alpha value is -2.60. The van der Waals surface area contributed by atoms with E-state index in [1.54, 1.807) is 18.2 Å². The molecule has 0 aromatic heterocycles. The van der Waals surface area contributed by atoms with Crippen molar-refractivity contribution >= 4 is 5.97 Å². The van der Waals surface area contributed by atoms with Crippen LogP contribution in [0.4, 0.5) is 0 Å². The zero-order valence-corrected chi connectivity index (χ0v) is 12.4. The molecule has 0 fully saturated rings. The quantitative estimate of drug-likeness (QED) is 0.775. The molecule has 2 aromatic carbocycles. The molecule has 0 aliphatic heterocycles. The third kappa shape index (κ3) is 3.70. The Morgan fingerprint density at radius 3 is 2.33 bits per heavy atom. The normalized spacial score (nSPS) is 10.8. The third-order valence-electron chi connectivity index (χ3n) is 2.85. The van der Waals surface area contributed by atoms with Gasteiger partial charge in [-0.1, -0.05) is 36.4 Å². The lowest BCUT2D eigenvalue weighted by molar-refractivity contribution is 0.00704. The number of esters is 1. The van der Waals surface area contributed by atoms with Crippen LogP contribution in [0, 0.1) is 11.3 Å². The van der Waals surface area contributed by atoms with Gasteiger partial charge in [0.05, 0.1) is 17.2 Å². The summed E-state index contributed by atoms with van der Waals surface area (Å²) >= 11 is 0. The average molecular weight is 279 g/mol. The second kappa shape index (κ2) is 5.80. The zero-order chi connectivity index (χ0) is 15.5. The zero-order valence-electron chi connectivity index (χ0n) is 12.4. The van der Waals surface area contributed by atoms with E-state index in [-0.39, 0.29) is 0 Å². The number of nitrogens with zero attached hydrogens (tertiary/aromatic N) is 1. The van der Waals surface area contributed by atoms with E-state index in [9.17, 15) is 4.79 Å². The van der Waals surface area contributed by atoms with Gasteiger partial charge in [-0.3, -0.25) is 0 Å². The summed E-state index contributed by atoms with van der Waals surface area (Å²) in [5, 5.41) is 9.04. The van der Waals surface area contributed by atoms with Gasteiger partial charge in [0.1, 0.15) is 5.60 Å². The van der Waals surface area contributed by atoms with Crippen molar-refractivity contribution in [2.45, 2.75) is 26.4 Å². The van der Waals surface area contributed by atoms with E-state index >= 15 is 0 Å². The molecule has 0 N–H and O–H groups in total. The van der Waals surface area contributed by atoms with Gasteiger partial charge >= 0.3 is 5.97 Å². The van der Waals surface area contributed by atoms with Gasteiger partial charge in [-0.05, 0) is 44.0 Å². The first kappa shape index (κ1) is 14.8. The van der Waals surface area contributed by atoms with E-state index in [1.165, 1.54) is 0 Å². The fourth-order valence-electron chi connectivity index (χ4n) is 1.99. The van der Waals surface area contributed by atoms with E-state index in [2.05, 4.69) is 6.07 Å². The van der Waals surface area contributed by atoms with Gasteiger partial charge < -0.3 is 4.74 Å². The first-order valence-corrected chi connectivity index (χ1v) is 6.73. The van der Waals surface area contributed by atoms with E-state index in [1.807, 2.05) is 51.1 Å². The Kier molecular flexibility index (Phi) is 4.09. The van der Waals surface area contributed by atoms with Crippen LogP contribution in [0.2, 0.25) is 0 Å². The molecule has 0 atom stereocenters. The van der Waals surface area contributed by atoms with E-state index in [0.29, 0.717) is 11.1 Å². The van der Waals surface area contributed by atoms with Crippen LogP contribution in [0.1, 0.15) is 36.7 Å². The Balaban J connectivity index is 2.52. The molecule has 0 saturated heterocycles. The molecular weight excluding hydrogens is 262 g/mol. The molecule has 0 aliphatic rings. The maximum atomic E-state index is 12.4. The second-order valence-electron chi connectivity index (χ2n) is 5.74. The second-order valence-corrected chi connectivity index (χ2v) is 5.74. The summed E-state index contributed by atoms with van der Waals surface area (Å²) in [5.74, 6) is -0.418. The monoisotopic (exact) mass is 279 g/mol. The number of carbonyl (C=O) groups is 1. The molecule has 106 valence electrons. The predicted octanol–water partition coefficient (Wildman–Crippen LogP) is 4.18. The lowest BCUT2D eigenvalue weighted by atomic mass is 9.97. The number of carbonyl (C=O) groups excluding carboxylic acids is 1. The summed E-state index contributed by atoms with van der Waals surface area (Å²) in [5.41, 5.74) is 1.96. The first-order valence-electron chi connectivity index (χ1n) is 6.73. The number of hydrogen-bond donors (Lipinski definition) is 0. The topological polar surface area (TPSA) is 50.1 Å². The number of hydrogen-bond acceptors (Lipinski definition) is 3. The highest BCUT2D eigenvalue weighted by Crippen LogP contribution is 2.26. The minimum atomic E-state index is -0.576. The lowest BCUT2D eigenvalue weighted by Crippen LogP contribution is -2.24. The van der Waals surface area contributed by atoms with Gasteiger partial charge in [0.25, 0.3) is 0 Å². The van der Waals surface area contributed by atoms with Crippen LogP contribution in [0.25, 0.3) is 11.1 Å². The number of benzene rings is 2. The van der Waals surface area contributed by atoms with Crippen molar-refractivity contribution in [1.82, 2.24) is 0 Å². The summed E-state index contributed by atoms with van der Waals surface area (Å²) in [7, 11) is 0. The Bertz CT molecular complexity index is 691. The molecule has 3 heteroatoms. The van der Waals surface area contributed by atoms with Crippen molar-refractivity contribution in [2.75, 3.05) is 0 Å². The largest absolute Gasteiger partial charge is 0.456 e. The number of ether oxygens (including phenoxy) is 1. The first-order chi connectivity index (χ1) is 9.90. The van der Waals surface area contributed by atoms with Gasteiger partial charge in [-0.25, -0.2) is 4.79 Å². The molecule has 2 aromatic rings. The molecule has 21 heavy (non-hydrogen) atoms. The molecular formula is C18H17NO2. The van der Waals surface area contributed by atoms with Crippen molar-refractivity contribution < 1.29 is 9.53 Å². The molecule has 2 rings (SSSR count). The van der Waals surface area contributed by atoms with Crippen LogP contribution < -0.4 is 0 Å². The van der Waals surface area contributed by atoms with Crippen molar-refractivity contribution in [1.29, 1.82) is 5.26 Å². The third-order valence-corrected chi connectivity index (χ3v) is 2.85. The average Bonchev–Trinajstić information content (AvgIpc) is 2.45. The highest BCUT2D eigenvalue weighted by Gasteiger charge is 2.21. The SMILES string of the molecule is CC(C)(C)OC(=O)c1cc(C#N)ccc1-c1ccccc1. The van der Waals surface area contributed by atoms with Gasteiger partial charge in [-0.15, -0.1) is 0 Å². The molecule has 0 aliphatic carbocycles. The van der Waals surface area contributed by atoms with Crippen LogP contribution in [0.5, 0.6) is 0 Å². The fourth-order valence-corrected chi connectivity index (χ4v) is 1.99. The highest BCUT2D eigenvalue weighted by atomic mass is 16.6. The number of rotatable bonds is 2. The molecule has 0 unspecified atom stereocenters. The van der Waals surface area contributed by atoms with Gasteiger partial charge in [0.2, 0.25) is 0 Å². The smallest absolute Gasteiger partial charge is 0.339 e. The van der Waals surface area contributed by atoms with Crippen molar-refractivity contribution in [3.05, 3.63) is 59.7 Å². The summed E-state index contributed by atoms with van der Waals surface area (Å²) in [4.78, 5) is 12.4. The van der Waals surface area contributed by atoms with Gasteiger partial charge in [-0.2, -0.15) is 5.26 Å². The molecule has 3 nitrogen and oxygen atoms in total. The van der Waals surface area contributed by atoms with Gasteiger partial charge in [0, 0.05) is 0 Å². The molecule has 0 heterocycles. The minimum absolute atomic E-state index is 0.412. The van der Waals surface area contributed by atoms with Crippen LogP contribution in [-0.4, -0.2) is 11.6 Å². The van der Waals surface area contributed by atoms with Crippen molar-refractivity contribution in [2.24, 2.45) is 0 Å². The van der Waals surface area contributed by atoms with Crippen LogP contribution in [-0.2, 0) is 4.74 Å². The number of nitriles is 1. The Morgan fingerprint density at radius 1 is 1.10 bits per heavy atom. The van der Waals surface area contributed by atoms with Crippen LogP contribution >= 0.6 is 0 Å². The molecule has 0 saturated carbocycles. The fraction of sp³-hybridized carbons (Fsp3) is 0.222. The molecule has 0 bridgehead atoms. The molecule has 0 radical (unpaired) electrons. The summed E-state index contributed by atoms with van der Waals surface area (Å²) in [6.45, 7) is 5.46. The lowest BCUT2D eigenvalue weighted by Gasteiger charge is -2.20. The van der Waals surface area contributed by atoms with Gasteiger partial charge in [0.15, 0.2) is 0 Å². The highest BCUT2D eigenvalue weighted by molar-refractivity contribution is 5.98. The maximum Gasteiger partial charge on any atom is 0.339 e. The maximum absolute atomic E-state index is 12.4. The van der Waals surface area contributed by atoms with E-state index < -0.39 is 11.6 Å².